The summed E-state index contributed by atoms with van der Waals surface area (Å²) in [7, 11) is 3.24. The second-order valence-corrected chi connectivity index (χ2v) is 7.83. The Balaban J connectivity index is 1.72. The fourth-order valence-corrected chi connectivity index (χ4v) is 3.80. The van der Waals surface area contributed by atoms with Gasteiger partial charge in [0.1, 0.15) is 6.61 Å². The van der Waals surface area contributed by atoms with Crippen LogP contribution in [-0.4, -0.2) is 33.3 Å². The number of halogens is 1. The van der Waals surface area contributed by atoms with E-state index < -0.39 is 5.41 Å². The van der Waals surface area contributed by atoms with Crippen molar-refractivity contribution in [2.24, 2.45) is 0 Å². The molecule has 2 aromatic rings. The minimum atomic E-state index is -0.466. The first-order valence-electron chi connectivity index (χ1n) is 9.87. The first-order chi connectivity index (χ1) is 14.0. The Labute approximate surface area is 177 Å². The van der Waals surface area contributed by atoms with Crippen LogP contribution in [0, 0.1) is 0 Å². The molecule has 0 bridgehead atoms. The maximum absolute atomic E-state index is 13.2. The van der Waals surface area contributed by atoms with Crippen LogP contribution in [0.2, 0.25) is 5.02 Å². The van der Waals surface area contributed by atoms with Gasteiger partial charge < -0.3 is 19.5 Å². The third-order valence-corrected chi connectivity index (χ3v) is 5.87. The molecule has 0 spiro atoms. The number of hydrogen-bond acceptors (Lipinski definition) is 4. The molecular weight excluding hydrogens is 390 g/mol. The summed E-state index contributed by atoms with van der Waals surface area (Å²) in [4.78, 5) is 13.2. The molecule has 0 heterocycles. The topological polar surface area (TPSA) is 56.8 Å². The Hall–Kier alpha value is -2.24. The Morgan fingerprint density at radius 1 is 1.10 bits per heavy atom. The van der Waals surface area contributed by atoms with Gasteiger partial charge >= 0.3 is 0 Å². The standard InChI is InChI=1S/C23H28ClNO4/c1-16(17-5-10-20(21(15-17)28-3)29-14-13-27-2)25-22(26)23(11-4-12-23)18-6-8-19(24)9-7-18/h5-10,15-16H,4,11-14H2,1-3H3,(H,25,26). The summed E-state index contributed by atoms with van der Waals surface area (Å²) < 4.78 is 16.2. The van der Waals surface area contributed by atoms with Crippen molar-refractivity contribution in [1.29, 1.82) is 0 Å². The quantitative estimate of drug-likeness (QED) is 0.602. The second kappa shape index (κ2) is 9.51. The predicted molar refractivity (Wildman–Crippen MR) is 114 cm³/mol. The number of carbonyl (C=O) groups is 1. The van der Waals surface area contributed by atoms with Crippen LogP contribution in [0.5, 0.6) is 11.5 Å². The van der Waals surface area contributed by atoms with Crippen LogP contribution in [-0.2, 0) is 14.9 Å². The zero-order valence-electron chi connectivity index (χ0n) is 17.2. The minimum Gasteiger partial charge on any atom is -0.493 e. The maximum Gasteiger partial charge on any atom is 0.231 e. The second-order valence-electron chi connectivity index (χ2n) is 7.39. The van der Waals surface area contributed by atoms with Gasteiger partial charge in [-0.05, 0) is 55.2 Å². The molecule has 5 nitrogen and oxygen atoms in total. The van der Waals surface area contributed by atoms with E-state index in [9.17, 15) is 4.79 Å². The Morgan fingerprint density at radius 3 is 2.41 bits per heavy atom. The Kier molecular flexibility index (Phi) is 7.04. The van der Waals surface area contributed by atoms with Gasteiger partial charge in [-0.1, -0.05) is 36.2 Å². The van der Waals surface area contributed by atoms with Gasteiger partial charge in [0.25, 0.3) is 0 Å². The van der Waals surface area contributed by atoms with E-state index in [1.165, 1.54) is 0 Å². The zero-order chi connectivity index (χ0) is 20.9. The normalized spacial score (nSPS) is 15.9. The lowest BCUT2D eigenvalue weighted by Gasteiger charge is -2.41. The largest absolute Gasteiger partial charge is 0.493 e. The van der Waals surface area contributed by atoms with E-state index in [4.69, 9.17) is 25.8 Å². The molecule has 1 atom stereocenters. The summed E-state index contributed by atoms with van der Waals surface area (Å²) >= 11 is 6.02. The van der Waals surface area contributed by atoms with Crippen molar-refractivity contribution in [2.75, 3.05) is 27.4 Å². The van der Waals surface area contributed by atoms with E-state index in [1.54, 1.807) is 14.2 Å². The number of ether oxygens (including phenoxy) is 3. The molecule has 2 aromatic carbocycles. The molecule has 0 aromatic heterocycles. The summed E-state index contributed by atoms with van der Waals surface area (Å²) in [5.74, 6) is 1.34. The average molecular weight is 418 g/mol. The number of hydrogen-bond donors (Lipinski definition) is 1. The summed E-state index contributed by atoms with van der Waals surface area (Å²) in [6, 6.07) is 13.2. The van der Waals surface area contributed by atoms with E-state index in [-0.39, 0.29) is 11.9 Å². The first kappa shape index (κ1) is 21.5. The SMILES string of the molecule is COCCOc1ccc(C(C)NC(=O)C2(c3ccc(Cl)cc3)CCC2)cc1OC. The van der Waals surface area contributed by atoms with Crippen LogP contribution in [0.3, 0.4) is 0 Å². The summed E-state index contributed by atoms with van der Waals surface area (Å²) in [6.45, 7) is 2.93. The van der Waals surface area contributed by atoms with E-state index in [2.05, 4.69) is 5.32 Å². The summed E-state index contributed by atoms with van der Waals surface area (Å²) in [6.07, 6.45) is 2.75. The first-order valence-corrected chi connectivity index (χ1v) is 10.2. The van der Waals surface area contributed by atoms with Gasteiger partial charge in [0.15, 0.2) is 11.5 Å². The van der Waals surface area contributed by atoms with Crippen LogP contribution >= 0.6 is 11.6 Å². The molecule has 1 saturated carbocycles. The molecule has 1 amide bonds. The molecule has 1 N–H and O–H groups in total. The monoisotopic (exact) mass is 417 g/mol. The van der Waals surface area contributed by atoms with Crippen molar-refractivity contribution in [1.82, 2.24) is 5.32 Å². The molecule has 0 radical (unpaired) electrons. The fraction of sp³-hybridized carbons (Fsp3) is 0.435. The van der Waals surface area contributed by atoms with Gasteiger partial charge in [-0.2, -0.15) is 0 Å². The molecule has 156 valence electrons. The molecular formula is C23H28ClNO4. The lowest BCUT2D eigenvalue weighted by Crippen LogP contribution is -2.49. The van der Waals surface area contributed by atoms with Gasteiger partial charge in [0, 0.05) is 12.1 Å². The maximum atomic E-state index is 13.2. The average Bonchev–Trinajstić information content (AvgIpc) is 2.68. The molecule has 29 heavy (non-hydrogen) atoms. The lowest BCUT2D eigenvalue weighted by atomic mass is 9.63. The number of amides is 1. The van der Waals surface area contributed by atoms with Crippen LogP contribution in [0.4, 0.5) is 0 Å². The van der Waals surface area contributed by atoms with Gasteiger partial charge in [-0.25, -0.2) is 0 Å². The van der Waals surface area contributed by atoms with Crippen molar-refractivity contribution in [3.63, 3.8) is 0 Å². The molecule has 0 aliphatic heterocycles. The molecule has 1 aliphatic carbocycles. The number of carbonyl (C=O) groups excluding carboxylic acids is 1. The third kappa shape index (κ3) is 4.68. The highest BCUT2D eigenvalue weighted by Crippen LogP contribution is 2.44. The molecule has 1 unspecified atom stereocenters. The minimum absolute atomic E-state index is 0.0537. The Morgan fingerprint density at radius 2 is 1.83 bits per heavy atom. The van der Waals surface area contributed by atoms with Crippen molar-refractivity contribution in [3.8, 4) is 11.5 Å². The molecule has 6 heteroatoms. The highest BCUT2D eigenvalue weighted by molar-refractivity contribution is 6.30. The number of benzene rings is 2. The van der Waals surface area contributed by atoms with E-state index in [0.717, 1.165) is 30.4 Å². The smallest absolute Gasteiger partial charge is 0.231 e. The van der Waals surface area contributed by atoms with Crippen LogP contribution < -0.4 is 14.8 Å². The number of nitrogens with one attached hydrogen (secondary N) is 1. The molecule has 0 saturated heterocycles. The number of rotatable bonds is 9. The van der Waals surface area contributed by atoms with Crippen molar-refractivity contribution in [2.45, 2.75) is 37.6 Å². The van der Waals surface area contributed by atoms with Crippen LogP contribution in [0.25, 0.3) is 0 Å². The van der Waals surface area contributed by atoms with Crippen molar-refractivity contribution < 1.29 is 19.0 Å². The van der Waals surface area contributed by atoms with Crippen molar-refractivity contribution in [3.05, 3.63) is 58.6 Å². The molecule has 1 aliphatic rings. The lowest BCUT2D eigenvalue weighted by molar-refractivity contribution is -0.130. The van der Waals surface area contributed by atoms with Crippen molar-refractivity contribution >= 4 is 17.5 Å². The third-order valence-electron chi connectivity index (χ3n) is 5.62. The predicted octanol–water partition coefficient (Wildman–Crippen LogP) is 4.67. The number of methoxy groups -OCH3 is 2. The van der Waals surface area contributed by atoms with E-state index >= 15 is 0 Å². The fourth-order valence-electron chi connectivity index (χ4n) is 3.67. The van der Waals surface area contributed by atoms with E-state index in [1.807, 2.05) is 49.4 Å². The highest BCUT2D eigenvalue weighted by atomic mass is 35.5. The van der Waals surface area contributed by atoms with Gasteiger partial charge in [-0.3, -0.25) is 4.79 Å². The van der Waals surface area contributed by atoms with Gasteiger partial charge in [0.05, 0.1) is 25.2 Å². The van der Waals surface area contributed by atoms with Gasteiger partial charge in [-0.15, -0.1) is 0 Å². The highest BCUT2D eigenvalue weighted by Gasteiger charge is 2.45. The summed E-state index contributed by atoms with van der Waals surface area (Å²) in [5, 5.41) is 3.86. The Bertz CT molecular complexity index is 833. The summed E-state index contributed by atoms with van der Waals surface area (Å²) in [5.41, 5.74) is 1.52. The molecule has 1 fully saturated rings. The van der Waals surface area contributed by atoms with Gasteiger partial charge in [0.2, 0.25) is 5.91 Å². The zero-order valence-corrected chi connectivity index (χ0v) is 17.9. The van der Waals surface area contributed by atoms with Crippen LogP contribution in [0.15, 0.2) is 42.5 Å². The van der Waals surface area contributed by atoms with E-state index in [0.29, 0.717) is 29.7 Å². The molecule has 3 rings (SSSR count). The van der Waals surface area contributed by atoms with Crippen LogP contribution in [0.1, 0.15) is 43.4 Å².